The Morgan fingerprint density at radius 3 is 2.31 bits per heavy atom. The van der Waals surface area contributed by atoms with Crippen molar-refractivity contribution in [3.05, 3.63) is 24.3 Å². The molecule has 0 saturated heterocycles. The molecule has 1 amide bonds. The molecule has 1 rings (SSSR count). The Balaban J connectivity index is 2.64. The molecule has 1 aromatic rings. The summed E-state index contributed by atoms with van der Waals surface area (Å²) < 4.78 is 31.9. The Morgan fingerprint density at radius 2 is 1.81 bits per heavy atom. The van der Waals surface area contributed by atoms with Gasteiger partial charge in [0.15, 0.2) is 0 Å². The minimum atomic E-state index is -3.96. The van der Waals surface area contributed by atoms with Crippen molar-refractivity contribution >= 4 is 27.6 Å². The van der Waals surface area contributed by atoms with Crippen molar-refractivity contribution < 1.29 is 27.9 Å². The smallest absolute Gasteiger partial charge is 0.326 e. The molecule has 146 valence electrons. The largest absolute Gasteiger partial charge is 0.491 e. The van der Waals surface area contributed by atoms with Crippen LogP contribution < -0.4 is 14.8 Å². The summed E-state index contributed by atoms with van der Waals surface area (Å²) in [6.07, 6.45) is 1.64. The van der Waals surface area contributed by atoms with Crippen LogP contribution in [-0.2, 0) is 19.6 Å². The molecule has 0 aliphatic rings. The van der Waals surface area contributed by atoms with Crippen LogP contribution in [0.25, 0.3) is 0 Å². The van der Waals surface area contributed by atoms with Gasteiger partial charge >= 0.3 is 5.97 Å². The number of carboxylic acid groups (broad SMARTS) is 1. The maximum absolute atomic E-state index is 12.1. The lowest BCUT2D eigenvalue weighted by atomic mass is 10.1. The minimum Gasteiger partial charge on any atom is -0.491 e. The summed E-state index contributed by atoms with van der Waals surface area (Å²) >= 11 is 0. The fourth-order valence-electron chi connectivity index (χ4n) is 2.16. The maximum Gasteiger partial charge on any atom is 0.326 e. The number of hydrogen-bond acceptors (Lipinski definition) is 5. The van der Waals surface area contributed by atoms with Crippen LogP contribution in [0.3, 0.4) is 0 Å². The van der Waals surface area contributed by atoms with Gasteiger partial charge in [-0.3, -0.25) is 9.52 Å². The van der Waals surface area contributed by atoms with E-state index in [0.29, 0.717) is 12.2 Å². The highest BCUT2D eigenvalue weighted by Crippen LogP contribution is 2.17. The number of ether oxygens (including phenoxy) is 1. The molecule has 0 radical (unpaired) electrons. The molecule has 0 saturated carbocycles. The number of amides is 1. The van der Waals surface area contributed by atoms with Crippen molar-refractivity contribution in [3.63, 3.8) is 0 Å². The molecule has 26 heavy (non-hydrogen) atoms. The van der Waals surface area contributed by atoms with Crippen molar-refractivity contribution in [1.29, 1.82) is 0 Å². The van der Waals surface area contributed by atoms with E-state index in [1.165, 1.54) is 12.1 Å². The number of sulfonamides is 1. The number of carbonyl (C=O) groups is 2. The second kappa shape index (κ2) is 10.0. The summed E-state index contributed by atoms with van der Waals surface area (Å²) in [6, 6.07) is 5.18. The fourth-order valence-corrected chi connectivity index (χ4v) is 3.16. The van der Waals surface area contributed by atoms with Crippen LogP contribution >= 0.6 is 0 Å². The molecule has 0 spiro atoms. The van der Waals surface area contributed by atoms with Gasteiger partial charge in [-0.15, -0.1) is 0 Å². The fraction of sp³-hybridized carbons (Fsp3) is 0.529. The van der Waals surface area contributed by atoms with Gasteiger partial charge in [0.25, 0.3) is 0 Å². The third kappa shape index (κ3) is 8.19. The van der Waals surface area contributed by atoms with Crippen molar-refractivity contribution in [3.8, 4) is 5.75 Å². The zero-order valence-corrected chi connectivity index (χ0v) is 16.0. The number of benzene rings is 1. The molecule has 0 heterocycles. The second-order valence-electron chi connectivity index (χ2n) is 6.15. The number of carboxylic acids is 1. The van der Waals surface area contributed by atoms with E-state index in [4.69, 9.17) is 9.84 Å². The number of hydrogen-bond donors (Lipinski definition) is 3. The second-order valence-corrected chi connectivity index (χ2v) is 7.87. The van der Waals surface area contributed by atoms with E-state index in [9.17, 15) is 18.0 Å². The van der Waals surface area contributed by atoms with Crippen LogP contribution in [0.4, 0.5) is 5.69 Å². The van der Waals surface area contributed by atoms with Gasteiger partial charge in [0.2, 0.25) is 15.9 Å². The van der Waals surface area contributed by atoms with Gasteiger partial charge in [0.05, 0.1) is 6.10 Å². The number of anilines is 1. The number of carbonyl (C=O) groups excluding carboxylic acids is 1. The van der Waals surface area contributed by atoms with Crippen LogP contribution in [0.1, 0.15) is 40.0 Å². The maximum atomic E-state index is 12.1. The van der Waals surface area contributed by atoms with E-state index < -0.39 is 33.7 Å². The highest BCUT2D eigenvalue weighted by atomic mass is 32.2. The van der Waals surface area contributed by atoms with Gasteiger partial charge < -0.3 is 15.2 Å². The molecule has 3 N–H and O–H groups in total. The van der Waals surface area contributed by atoms with Crippen molar-refractivity contribution in [2.75, 3.05) is 10.5 Å². The quantitative estimate of drug-likeness (QED) is 0.534. The van der Waals surface area contributed by atoms with Crippen molar-refractivity contribution in [2.45, 2.75) is 52.2 Å². The van der Waals surface area contributed by atoms with Crippen molar-refractivity contribution in [1.82, 2.24) is 5.32 Å². The Bertz CT molecular complexity index is 700. The minimum absolute atomic E-state index is 0.00359. The van der Waals surface area contributed by atoms with E-state index in [2.05, 4.69) is 10.0 Å². The van der Waals surface area contributed by atoms with Gasteiger partial charge in [0.1, 0.15) is 17.5 Å². The number of rotatable bonds is 11. The first kappa shape index (κ1) is 21.8. The summed E-state index contributed by atoms with van der Waals surface area (Å²) in [4.78, 5) is 23.0. The molecule has 9 heteroatoms. The highest BCUT2D eigenvalue weighted by molar-refractivity contribution is 7.93. The van der Waals surface area contributed by atoms with E-state index in [-0.39, 0.29) is 18.2 Å². The van der Waals surface area contributed by atoms with Gasteiger partial charge in [-0.1, -0.05) is 19.8 Å². The van der Waals surface area contributed by atoms with Gasteiger partial charge in [0, 0.05) is 5.69 Å². The summed E-state index contributed by atoms with van der Waals surface area (Å²) in [5.74, 6) is -2.30. The average Bonchev–Trinajstić information content (AvgIpc) is 2.51. The third-order valence-electron chi connectivity index (χ3n) is 3.30. The van der Waals surface area contributed by atoms with Crippen LogP contribution in [0, 0.1) is 0 Å². The first-order chi connectivity index (χ1) is 12.1. The molecule has 0 aliphatic carbocycles. The zero-order valence-electron chi connectivity index (χ0n) is 15.2. The van der Waals surface area contributed by atoms with E-state index in [1.54, 1.807) is 12.1 Å². The molecular weight excluding hydrogens is 360 g/mol. The van der Waals surface area contributed by atoms with Gasteiger partial charge in [-0.2, -0.15) is 0 Å². The van der Waals surface area contributed by atoms with Crippen LogP contribution in [0.15, 0.2) is 24.3 Å². The van der Waals surface area contributed by atoms with E-state index in [1.807, 2.05) is 20.8 Å². The molecule has 0 aliphatic heterocycles. The zero-order chi connectivity index (χ0) is 19.7. The highest BCUT2D eigenvalue weighted by Gasteiger charge is 2.23. The molecule has 0 bridgehead atoms. The molecule has 1 atom stereocenters. The predicted molar refractivity (Wildman–Crippen MR) is 98.7 cm³/mol. The summed E-state index contributed by atoms with van der Waals surface area (Å²) in [6.45, 7) is 5.65. The van der Waals surface area contributed by atoms with Crippen LogP contribution in [0.5, 0.6) is 5.75 Å². The van der Waals surface area contributed by atoms with Crippen molar-refractivity contribution in [2.24, 2.45) is 0 Å². The molecular formula is C17H26N2O6S. The SMILES string of the molecule is CCCCC(NC(=O)CS(=O)(=O)Nc1ccc(OC(C)C)cc1)C(=O)O. The Kier molecular flexibility index (Phi) is 8.37. The Morgan fingerprint density at radius 1 is 1.19 bits per heavy atom. The number of unbranched alkanes of at least 4 members (excludes halogenated alkanes) is 1. The predicted octanol–water partition coefficient (Wildman–Crippen LogP) is 1.98. The number of nitrogens with one attached hydrogen (secondary N) is 2. The standard InChI is InChI=1S/C17H26N2O6S/c1-4-5-6-15(17(21)22)18-16(20)11-26(23,24)19-13-7-9-14(10-8-13)25-12(2)3/h7-10,12,15,19H,4-6,11H2,1-3H3,(H,18,20)(H,21,22). The van der Waals surface area contributed by atoms with E-state index >= 15 is 0 Å². The lowest BCUT2D eigenvalue weighted by Gasteiger charge is -2.15. The summed E-state index contributed by atoms with van der Waals surface area (Å²) in [5.41, 5.74) is 0.287. The first-order valence-electron chi connectivity index (χ1n) is 8.42. The molecule has 0 aromatic heterocycles. The normalized spacial score (nSPS) is 12.5. The lowest BCUT2D eigenvalue weighted by Crippen LogP contribution is -2.43. The topological polar surface area (TPSA) is 122 Å². The Hall–Kier alpha value is -2.29. The molecule has 1 unspecified atom stereocenters. The Labute approximate surface area is 154 Å². The molecule has 1 aromatic carbocycles. The molecule has 0 fully saturated rings. The lowest BCUT2D eigenvalue weighted by molar-refractivity contribution is -0.141. The average molecular weight is 386 g/mol. The third-order valence-corrected chi connectivity index (χ3v) is 4.49. The molecule has 8 nitrogen and oxygen atoms in total. The van der Waals surface area contributed by atoms with Crippen LogP contribution in [0.2, 0.25) is 0 Å². The number of aliphatic carboxylic acids is 1. The van der Waals surface area contributed by atoms with Crippen LogP contribution in [-0.4, -0.2) is 43.3 Å². The van der Waals surface area contributed by atoms with Gasteiger partial charge in [-0.25, -0.2) is 13.2 Å². The van der Waals surface area contributed by atoms with E-state index in [0.717, 1.165) is 6.42 Å². The first-order valence-corrected chi connectivity index (χ1v) is 10.1. The monoisotopic (exact) mass is 386 g/mol. The summed E-state index contributed by atoms with van der Waals surface area (Å²) in [5, 5.41) is 11.3. The summed E-state index contributed by atoms with van der Waals surface area (Å²) in [7, 11) is -3.96. The van der Waals surface area contributed by atoms with Gasteiger partial charge in [-0.05, 0) is 44.5 Å².